The lowest BCUT2D eigenvalue weighted by Crippen LogP contribution is -2.57. The third-order valence-corrected chi connectivity index (χ3v) is 6.63. The third kappa shape index (κ3) is 1.52. The van der Waals surface area contributed by atoms with Crippen LogP contribution >= 0.6 is 0 Å². The molecule has 3 aromatic carbocycles. The second-order valence-electron chi connectivity index (χ2n) is 7.94. The molecule has 0 fully saturated rings. The van der Waals surface area contributed by atoms with E-state index in [1.807, 2.05) is 0 Å². The highest BCUT2D eigenvalue weighted by molar-refractivity contribution is 6.87. The van der Waals surface area contributed by atoms with Crippen LogP contribution < -0.4 is 15.2 Å². The Kier molecular flexibility index (Phi) is 2.37. The molecule has 0 spiro atoms. The Hall–Kier alpha value is -3.14. The first kappa shape index (κ1) is 14.0. The zero-order valence-electron chi connectivity index (χ0n) is 15.1. The van der Waals surface area contributed by atoms with Crippen molar-refractivity contribution < 1.29 is 0 Å². The smallest absolute Gasteiger partial charge is 0.348 e. The molecular formula is C23H18BN3. The second kappa shape index (κ2) is 4.58. The molecule has 3 nitrogen and oxygen atoms in total. The molecule has 4 heterocycles. The first-order chi connectivity index (χ1) is 13.3. The van der Waals surface area contributed by atoms with Crippen LogP contribution in [0.1, 0.15) is 5.56 Å². The molecular weight excluding hydrogens is 329 g/mol. The Morgan fingerprint density at radius 2 is 1.63 bits per heavy atom. The molecule has 0 bridgehead atoms. The van der Waals surface area contributed by atoms with Gasteiger partial charge in [-0.1, -0.05) is 54.6 Å². The number of likely N-dealkylation sites (N-methyl/N-ethyl adjacent to an activating group) is 1. The van der Waals surface area contributed by atoms with Crippen molar-refractivity contribution in [1.29, 1.82) is 0 Å². The normalized spacial score (nSPS) is 20.2. The number of nitrogens with zero attached hydrogens (tertiary/aromatic N) is 3. The van der Waals surface area contributed by atoms with Crippen LogP contribution in [0.5, 0.6) is 0 Å². The van der Waals surface area contributed by atoms with Crippen LogP contribution in [0.2, 0.25) is 0 Å². The molecule has 4 aliphatic heterocycles. The quantitative estimate of drug-likeness (QED) is 0.574. The topological polar surface area (TPSA) is 9.72 Å². The summed E-state index contributed by atoms with van der Waals surface area (Å²) in [4.78, 5) is 7.56. The minimum atomic E-state index is 0.226. The number of anilines is 3. The van der Waals surface area contributed by atoms with Crippen LogP contribution in [0.3, 0.4) is 0 Å². The minimum Gasteiger partial charge on any atom is -0.374 e. The average molecular weight is 347 g/mol. The molecule has 0 aromatic heterocycles. The SMILES string of the molecule is CN1C=C2B3c4ccccc4-c4ccccc4N3c3cccc4c3N2C1C4. The molecule has 0 aliphatic carbocycles. The molecule has 7 rings (SSSR count). The number of rotatable bonds is 0. The fourth-order valence-corrected chi connectivity index (χ4v) is 5.57. The van der Waals surface area contributed by atoms with Crippen molar-refractivity contribution in [2.75, 3.05) is 16.8 Å². The van der Waals surface area contributed by atoms with Gasteiger partial charge in [0.25, 0.3) is 0 Å². The molecule has 1 unspecified atom stereocenters. The fourth-order valence-electron chi connectivity index (χ4n) is 5.57. The van der Waals surface area contributed by atoms with Gasteiger partial charge in [-0.3, -0.25) is 0 Å². The van der Waals surface area contributed by atoms with Crippen molar-refractivity contribution in [3.8, 4) is 11.1 Å². The minimum absolute atomic E-state index is 0.226. The lowest BCUT2D eigenvalue weighted by Gasteiger charge is -2.46. The van der Waals surface area contributed by atoms with Gasteiger partial charge in [-0.05, 0) is 28.7 Å². The van der Waals surface area contributed by atoms with Crippen LogP contribution in [0.25, 0.3) is 11.1 Å². The molecule has 4 aliphatic rings. The van der Waals surface area contributed by atoms with Crippen molar-refractivity contribution in [2.45, 2.75) is 12.6 Å². The van der Waals surface area contributed by atoms with Crippen LogP contribution in [-0.4, -0.2) is 25.0 Å². The van der Waals surface area contributed by atoms with E-state index in [9.17, 15) is 0 Å². The van der Waals surface area contributed by atoms with Gasteiger partial charge in [0.1, 0.15) is 6.17 Å². The largest absolute Gasteiger partial charge is 0.374 e. The molecule has 27 heavy (non-hydrogen) atoms. The van der Waals surface area contributed by atoms with E-state index in [0.29, 0.717) is 6.17 Å². The first-order valence-corrected chi connectivity index (χ1v) is 9.65. The molecule has 1 atom stereocenters. The third-order valence-electron chi connectivity index (χ3n) is 6.63. The zero-order chi connectivity index (χ0) is 17.7. The first-order valence-electron chi connectivity index (χ1n) is 9.65. The van der Waals surface area contributed by atoms with Crippen LogP contribution in [0.15, 0.2) is 78.5 Å². The molecule has 0 radical (unpaired) electrons. The summed E-state index contributed by atoms with van der Waals surface area (Å²) in [6.45, 7) is 0.226. The summed E-state index contributed by atoms with van der Waals surface area (Å²) in [5.74, 6) is 0. The van der Waals surface area contributed by atoms with Gasteiger partial charge in [0.15, 0.2) is 0 Å². The number of para-hydroxylation sites is 2. The number of fused-ring (bicyclic) bond motifs is 8. The van der Waals surface area contributed by atoms with Crippen LogP contribution in [-0.2, 0) is 6.42 Å². The summed E-state index contributed by atoms with van der Waals surface area (Å²) < 4.78 is 0. The van der Waals surface area contributed by atoms with E-state index in [0.717, 1.165) is 6.42 Å². The molecule has 0 amide bonds. The number of hydrogen-bond acceptors (Lipinski definition) is 3. The number of hydrogen-bond donors (Lipinski definition) is 0. The molecule has 0 saturated heterocycles. The highest BCUT2D eigenvalue weighted by atomic mass is 15.4. The molecule has 4 heteroatoms. The summed E-state index contributed by atoms with van der Waals surface area (Å²) >= 11 is 0. The van der Waals surface area contributed by atoms with E-state index >= 15 is 0 Å². The van der Waals surface area contributed by atoms with Gasteiger partial charge in [0.05, 0.1) is 11.4 Å². The lowest BCUT2D eigenvalue weighted by atomic mass is 9.46. The summed E-state index contributed by atoms with van der Waals surface area (Å²) in [7, 11) is 2.22. The highest BCUT2D eigenvalue weighted by Crippen LogP contribution is 2.54. The van der Waals surface area contributed by atoms with Gasteiger partial charge >= 0.3 is 6.85 Å². The summed E-state index contributed by atoms with van der Waals surface area (Å²) in [6, 6.07) is 24.6. The van der Waals surface area contributed by atoms with Crippen molar-refractivity contribution in [2.24, 2.45) is 0 Å². The van der Waals surface area contributed by atoms with Crippen molar-refractivity contribution in [3.05, 3.63) is 84.1 Å². The van der Waals surface area contributed by atoms with Gasteiger partial charge in [0.2, 0.25) is 0 Å². The van der Waals surface area contributed by atoms with E-state index in [4.69, 9.17) is 0 Å². The summed E-state index contributed by atoms with van der Waals surface area (Å²) in [6.07, 6.45) is 3.87. The van der Waals surface area contributed by atoms with Gasteiger partial charge in [0, 0.05) is 36.5 Å². The molecule has 0 N–H and O–H groups in total. The Labute approximate surface area is 159 Å². The van der Waals surface area contributed by atoms with E-state index in [-0.39, 0.29) is 6.85 Å². The highest BCUT2D eigenvalue weighted by Gasteiger charge is 2.52. The molecule has 128 valence electrons. The monoisotopic (exact) mass is 347 g/mol. The molecule has 3 aromatic rings. The maximum Gasteiger partial charge on any atom is 0.348 e. The van der Waals surface area contributed by atoms with E-state index < -0.39 is 0 Å². The van der Waals surface area contributed by atoms with Gasteiger partial charge in [-0.2, -0.15) is 0 Å². The Morgan fingerprint density at radius 1 is 0.852 bits per heavy atom. The Bertz CT molecular complexity index is 1170. The van der Waals surface area contributed by atoms with Crippen molar-refractivity contribution in [3.63, 3.8) is 0 Å². The number of benzene rings is 3. The van der Waals surface area contributed by atoms with Crippen molar-refractivity contribution >= 4 is 29.4 Å². The zero-order valence-corrected chi connectivity index (χ0v) is 15.1. The van der Waals surface area contributed by atoms with Crippen molar-refractivity contribution in [1.82, 2.24) is 4.90 Å². The standard InChI is InChI=1S/C23H18BN3/c1-25-14-21-24-18-10-4-2-8-16(18)17-9-3-5-11-19(17)27(24)20-12-6-7-15-13-22(25)26(21)23(15)20/h2-12,14,22H,13H2,1H3. The van der Waals surface area contributed by atoms with E-state index in [1.165, 1.54) is 44.8 Å². The average Bonchev–Trinajstić information content (AvgIpc) is 3.25. The summed E-state index contributed by atoms with van der Waals surface area (Å²) in [5, 5.41) is 0. The maximum atomic E-state index is 2.59. The Morgan fingerprint density at radius 3 is 2.56 bits per heavy atom. The predicted octanol–water partition coefficient (Wildman–Crippen LogP) is 3.73. The van der Waals surface area contributed by atoms with E-state index in [1.54, 1.807) is 0 Å². The maximum absolute atomic E-state index is 2.59. The van der Waals surface area contributed by atoms with Crippen LogP contribution in [0.4, 0.5) is 17.1 Å². The predicted molar refractivity (Wildman–Crippen MR) is 112 cm³/mol. The van der Waals surface area contributed by atoms with Gasteiger partial charge in [-0.15, -0.1) is 0 Å². The van der Waals surface area contributed by atoms with E-state index in [2.05, 4.69) is 94.6 Å². The van der Waals surface area contributed by atoms with Crippen LogP contribution in [0, 0.1) is 0 Å². The fraction of sp³-hybridized carbons (Fsp3) is 0.130. The van der Waals surface area contributed by atoms with Gasteiger partial charge < -0.3 is 14.6 Å². The second-order valence-corrected chi connectivity index (χ2v) is 7.94. The lowest BCUT2D eigenvalue weighted by molar-refractivity contribution is 0.368. The molecule has 0 saturated carbocycles. The van der Waals surface area contributed by atoms with Gasteiger partial charge in [-0.25, -0.2) is 0 Å². The Balaban J connectivity index is 1.62. The summed E-state index contributed by atoms with van der Waals surface area (Å²) in [5.41, 5.74) is 11.0.